The van der Waals surface area contributed by atoms with Gasteiger partial charge in [-0.1, -0.05) is 6.42 Å². The third-order valence-corrected chi connectivity index (χ3v) is 5.45. The lowest BCUT2D eigenvalue weighted by Crippen LogP contribution is -2.55. The van der Waals surface area contributed by atoms with Crippen LogP contribution < -0.4 is 0 Å². The molecule has 0 radical (unpaired) electrons. The van der Waals surface area contributed by atoms with Crippen LogP contribution in [0.3, 0.4) is 0 Å². The summed E-state index contributed by atoms with van der Waals surface area (Å²) in [7, 11) is 0. The molecule has 0 bridgehead atoms. The van der Waals surface area contributed by atoms with Gasteiger partial charge in [0.2, 0.25) is 5.91 Å². The summed E-state index contributed by atoms with van der Waals surface area (Å²) < 4.78 is 11.4. The summed E-state index contributed by atoms with van der Waals surface area (Å²) in [5, 5.41) is 0. The second kappa shape index (κ2) is 7.28. The van der Waals surface area contributed by atoms with Gasteiger partial charge in [0, 0.05) is 12.1 Å². The molecule has 5 heteroatoms. The summed E-state index contributed by atoms with van der Waals surface area (Å²) >= 11 is 0. The van der Waals surface area contributed by atoms with E-state index >= 15 is 0 Å². The number of carbonyl (C=O) groups excluding carboxylic acids is 1. The Morgan fingerprint density at radius 1 is 1.00 bits per heavy atom. The number of amides is 1. The molecule has 3 aliphatic heterocycles. The molecule has 0 saturated carbocycles. The molecule has 0 N–H and O–H groups in total. The highest BCUT2D eigenvalue weighted by Crippen LogP contribution is 2.26. The van der Waals surface area contributed by atoms with Crippen LogP contribution in [-0.2, 0) is 14.3 Å². The second-order valence-electron chi connectivity index (χ2n) is 7.07. The number of piperidine rings is 2. The molecule has 1 amide bonds. The van der Waals surface area contributed by atoms with E-state index in [4.69, 9.17) is 9.47 Å². The maximum atomic E-state index is 12.9. The van der Waals surface area contributed by atoms with Crippen molar-refractivity contribution >= 4 is 5.91 Å². The van der Waals surface area contributed by atoms with Crippen molar-refractivity contribution in [2.75, 3.05) is 26.3 Å². The highest BCUT2D eigenvalue weighted by atomic mass is 16.7. The van der Waals surface area contributed by atoms with E-state index in [1.165, 1.54) is 19.3 Å². The topological polar surface area (TPSA) is 42.0 Å². The average Bonchev–Trinajstić information content (AvgIpc) is 3.01. The van der Waals surface area contributed by atoms with E-state index in [-0.39, 0.29) is 18.2 Å². The standard InChI is InChI=1S/C17H30N2O3/c1-13-6-5-7-14(2)19(13)16(20)12-18-9-4-3-8-15(18)17-21-10-11-22-17/h13-15,17H,3-12H2,1-2H3/t13-,14-,15-/m1/s1. The molecule has 3 heterocycles. The summed E-state index contributed by atoms with van der Waals surface area (Å²) in [6, 6.07) is 0.993. The van der Waals surface area contributed by atoms with Gasteiger partial charge in [-0.15, -0.1) is 0 Å². The first-order chi connectivity index (χ1) is 10.7. The van der Waals surface area contributed by atoms with Gasteiger partial charge in [0.05, 0.1) is 25.8 Å². The minimum Gasteiger partial charge on any atom is -0.349 e. The van der Waals surface area contributed by atoms with Crippen molar-refractivity contribution in [2.45, 2.75) is 76.8 Å². The van der Waals surface area contributed by atoms with Crippen LogP contribution in [-0.4, -0.2) is 66.4 Å². The first-order valence-corrected chi connectivity index (χ1v) is 8.95. The van der Waals surface area contributed by atoms with E-state index in [1.807, 2.05) is 0 Å². The van der Waals surface area contributed by atoms with Crippen LogP contribution in [0.4, 0.5) is 0 Å². The molecule has 22 heavy (non-hydrogen) atoms. The lowest BCUT2D eigenvalue weighted by Gasteiger charge is -2.42. The van der Waals surface area contributed by atoms with Crippen LogP contribution in [0, 0.1) is 0 Å². The number of hydrogen-bond acceptors (Lipinski definition) is 4. The fraction of sp³-hybridized carbons (Fsp3) is 0.941. The highest BCUT2D eigenvalue weighted by molar-refractivity contribution is 5.79. The number of ether oxygens (including phenoxy) is 2. The van der Waals surface area contributed by atoms with Crippen molar-refractivity contribution in [3.63, 3.8) is 0 Å². The van der Waals surface area contributed by atoms with Crippen molar-refractivity contribution in [2.24, 2.45) is 0 Å². The van der Waals surface area contributed by atoms with Crippen LogP contribution in [0.1, 0.15) is 52.4 Å². The minimum absolute atomic E-state index is 0.135. The van der Waals surface area contributed by atoms with Gasteiger partial charge >= 0.3 is 0 Å². The molecule has 0 unspecified atom stereocenters. The lowest BCUT2D eigenvalue weighted by molar-refractivity contribution is -0.145. The third kappa shape index (κ3) is 3.47. The Hall–Kier alpha value is -0.650. The average molecular weight is 310 g/mol. The smallest absolute Gasteiger partial charge is 0.237 e. The molecule has 0 spiro atoms. The maximum absolute atomic E-state index is 12.9. The zero-order valence-electron chi connectivity index (χ0n) is 14.0. The SMILES string of the molecule is C[C@@H]1CCC[C@@H](C)N1C(=O)CN1CCCC[C@@H]1C1OCCO1. The van der Waals surface area contributed by atoms with Crippen molar-refractivity contribution < 1.29 is 14.3 Å². The van der Waals surface area contributed by atoms with Crippen LogP contribution in [0.25, 0.3) is 0 Å². The van der Waals surface area contributed by atoms with E-state index in [0.717, 1.165) is 25.8 Å². The number of nitrogens with zero attached hydrogens (tertiary/aromatic N) is 2. The van der Waals surface area contributed by atoms with Crippen molar-refractivity contribution in [3.05, 3.63) is 0 Å². The predicted molar refractivity (Wildman–Crippen MR) is 84.5 cm³/mol. The zero-order valence-corrected chi connectivity index (χ0v) is 14.0. The van der Waals surface area contributed by atoms with Crippen LogP contribution in [0.15, 0.2) is 0 Å². The van der Waals surface area contributed by atoms with E-state index in [1.54, 1.807) is 0 Å². The predicted octanol–water partition coefficient (Wildman–Crippen LogP) is 2.00. The molecule has 3 atom stereocenters. The molecule has 0 aliphatic carbocycles. The quantitative estimate of drug-likeness (QED) is 0.799. The largest absolute Gasteiger partial charge is 0.349 e. The number of rotatable bonds is 3. The van der Waals surface area contributed by atoms with E-state index in [0.29, 0.717) is 31.8 Å². The van der Waals surface area contributed by atoms with Gasteiger partial charge in [-0.2, -0.15) is 0 Å². The van der Waals surface area contributed by atoms with E-state index in [9.17, 15) is 4.79 Å². The summed E-state index contributed by atoms with van der Waals surface area (Å²) in [5.74, 6) is 0.282. The maximum Gasteiger partial charge on any atom is 0.237 e. The highest BCUT2D eigenvalue weighted by Gasteiger charge is 2.36. The van der Waals surface area contributed by atoms with Gasteiger partial charge in [-0.3, -0.25) is 9.69 Å². The van der Waals surface area contributed by atoms with Gasteiger partial charge in [0.15, 0.2) is 6.29 Å². The Bertz CT molecular complexity index is 374. The summed E-state index contributed by atoms with van der Waals surface area (Å²) in [6.07, 6.45) is 6.81. The fourth-order valence-electron chi connectivity index (χ4n) is 4.29. The lowest BCUT2D eigenvalue weighted by atomic mass is 9.97. The van der Waals surface area contributed by atoms with E-state index in [2.05, 4.69) is 23.6 Å². The first kappa shape index (κ1) is 16.2. The van der Waals surface area contributed by atoms with Crippen LogP contribution in [0.2, 0.25) is 0 Å². The molecule has 0 aromatic heterocycles. The van der Waals surface area contributed by atoms with Crippen LogP contribution in [0.5, 0.6) is 0 Å². The van der Waals surface area contributed by atoms with Crippen molar-refractivity contribution in [3.8, 4) is 0 Å². The molecular formula is C17H30N2O3. The molecular weight excluding hydrogens is 280 g/mol. The van der Waals surface area contributed by atoms with Crippen LogP contribution >= 0.6 is 0 Å². The number of hydrogen-bond donors (Lipinski definition) is 0. The summed E-state index contributed by atoms with van der Waals surface area (Å²) in [5.41, 5.74) is 0. The zero-order chi connectivity index (χ0) is 15.5. The summed E-state index contributed by atoms with van der Waals surface area (Å²) in [6.45, 7) is 7.24. The fourth-order valence-corrected chi connectivity index (χ4v) is 4.29. The molecule has 5 nitrogen and oxygen atoms in total. The molecule has 3 saturated heterocycles. The molecule has 3 rings (SSSR count). The van der Waals surface area contributed by atoms with Gasteiger partial charge in [-0.25, -0.2) is 0 Å². The van der Waals surface area contributed by atoms with Crippen molar-refractivity contribution in [1.29, 1.82) is 0 Å². The van der Waals surface area contributed by atoms with E-state index < -0.39 is 0 Å². The normalized spacial score (nSPS) is 35.0. The van der Waals surface area contributed by atoms with Gasteiger partial charge in [-0.05, 0) is 52.5 Å². The van der Waals surface area contributed by atoms with Gasteiger partial charge in [0.25, 0.3) is 0 Å². The third-order valence-electron chi connectivity index (χ3n) is 5.45. The van der Waals surface area contributed by atoms with Gasteiger partial charge < -0.3 is 14.4 Å². The Morgan fingerprint density at radius 2 is 1.68 bits per heavy atom. The molecule has 126 valence electrons. The molecule has 3 fully saturated rings. The monoisotopic (exact) mass is 310 g/mol. The Balaban J connectivity index is 1.63. The minimum atomic E-state index is -0.135. The Morgan fingerprint density at radius 3 is 2.36 bits per heavy atom. The number of likely N-dealkylation sites (tertiary alicyclic amines) is 2. The first-order valence-electron chi connectivity index (χ1n) is 8.95. The molecule has 3 aliphatic rings. The molecule has 0 aromatic rings. The van der Waals surface area contributed by atoms with Crippen molar-refractivity contribution in [1.82, 2.24) is 9.80 Å². The molecule has 0 aromatic carbocycles. The van der Waals surface area contributed by atoms with Gasteiger partial charge in [0.1, 0.15) is 0 Å². The summed E-state index contributed by atoms with van der Waals surface area (Å²) in [4.78, 5) is 17.3. The second-order valence-corrected chi connectivity index (χ2v) is 7.07. The Kier molecular flexibility index (Phi) is 5.37. The Labute approximate surface area is 133 Å². The number of carbonyl (C=O) groups is 1.